The highest BCUT2D eigenvalue weighted by atomic mass is 32.2. The topological polar surface area (TPSA) is 92.5 Å². The van der Waals surface area contributed by atoms with Crippen LogP contribution in [0.5, 0.6) is 0 Å². The van der Waals surface area contributed by atoms with Crippen LogP contribution < -0.4 is 5.32 Å². The minimum absolute atomic E-state index is 0.179. The monoisotopic (exact) mass is 445 g/mol. The molecule has 1 aliphatic rings. The van der Waals surface area contributed by atoms with Crippen molar-refractivity contribution in [1.82, 2.24) is 14.6 Å². The number of sulfonamides is 1. The number of furan rings is 1. The lowest BCUT2D eigenvalue weighted by Crippen LogP contribution is -2.22. The zero-order valence-corrected chi connectivity index (χ0v) is 17.8. The van der Waals surface area contributed by atoms with E-state index in [2.05, 4.69) is 10.3 Å². The predicted molar refractivity (Wildman–Crippen MR) is 117 cm³/mol. The Labute approximate surface area is 176 Å². The van der Waals surface area contributed by atoms with Crippen LogP contribution in [0.1, 0.15) is 5.76 Å². The number of thiocarbonyl (C=S) groups is 1. The van der Waals surface area contributed by atoms with E-state index in [1.54, 1.807) is 48.8 Å². The van der Waals surface area contributed by atoms with Crippen LogP contribution >= 0.6 is 24.0 Å². The molecule has 1 aromatic carbocycles. The number of hydrogen-bond donors (Lipinski definition) is 1. The van der Waals surface area contributed by atoms with Gasteiger partial charge in [-0.1, -0.05) is 36.1 Å². The van der Waals surface area contributed by atoms with E-state index in [0.29, 0.717) is 31.7 Å². The molecule has 7 nitrogen and oxygen atoms in total. The second-order valence-corrected chi connectivity index (χ2v) is 10.3. The molecule has 0 aliphatic carbocycles. The molecule has 1 N–H and O–H groups in total. The Hall–Kier alpha value is -2.53. The SMILES string of the molecule is CN(C)S(=O)(=O)c1cccc(-c2cncc3cc(/C=C4/SC(=S)NC4=O)oc23)c1. The fourth-order valence-electron chi connectivity index (χ4n) is 2.84. The van der Waals surface area contributed by atoms with Crippen molar-refractivity contribution < 1.29 is 17.6 Å². The number of carbonyl (C=O) groups is 1. The standard InChI is InChI=1S/C19H15N3O4S3/c1-22(2)29(24,25)14-5-3-4-11(7-14)15-10-20-9-12-6-13(26-17(12)15)8-16-18(23)21-19(27)28-16/h3-10H,1-2H3,(H,21,23,27)/b16-8+. The van der Waals surface area contributed by atoms with Crippen molar-refractivity contribution >= 4 is 61.3 Å². The summed E-state index contributed by atoms with van der Waals surface area (Å²) in [6, 6.07) is 8.38. The Bertz CT molecular complexity index is 1290. The van der Waals surface area contributed by atoms with Gasteiger partial charge >= 0.3 is 0 Å². The first-order chi connectivity index (χ1) is 13.8. The van der Waals surface area contributed by atoms with Crippen molar-refractivity contribution in [3.05, 3.63) is 53.4 Å². The maximum Gasteiger partial charge on any atom is 0.263 e. The summed E-state index contributed by atoms with van der Waals surface area (Å²) in [6.45, 7) is 0. The third-order valence-electron chi connectivity index (χ3n) is 4.28. The molecule has 4 rings (SSSR count). The molecule has 2 aromatic heterocycles. The number of fused-ring (bicyclic) bond motifs is 1. The Balaban J connectivity index is 1.80. The number of benzene rings is 1. The number of rotatable bonds is 4. The molecule has 0 saturated carbocycles. The maximum atomic E-state index is 12.5. The van der Waals surface area contributed by atoms with Crippen molar-refractivity contribution in [2.45, 2.75) is 4.90 Å². The normalized spacial score (nSPS) is 16.2. The fourth-order valence-corrected chi connectivity index (χ4v) is 4.82. The second-order valence-electron chi connectivity index (χ2n) is 6.42. The van der Waals surface area contributed by atoms with E-state index in [1.807, 2.05) is 0 Å². The van der Waals surface area contributed by atoms with Crippen LogP contribution in [-0.4, -0.2) is 42.0 Å². The summed E-state index contributed by atoms with van der Waals surface area (Å²) in [5.74, 6) is 0.217. The van der Waals surface area contributed by atoms with Gasteiger partial charge in [0.2, 0.25) is 10.0 Å². The number of aromatic nitrogens is 1. The van der Waals surface area contributed by atoms with Gasteiger partial charge in [0, 0.05) is 43.5 Å². The number of thioether (sulfide) groups is 1. The van der Waals surface area contributed by atoms with Crippen molar-refractivity contribution in [3.8, 4) is 11.1 Å². The molecule has 0 unspecified atom stereocenters. The maximum absolute atomic E-state index is 12.5. The van der Waals surface area contributed by atoms with Crippen LogP contribution in [0.4, 0.5) is 0 Å². The predicted octanol–water partition coefficient (Wildman–Crippen LogP) is 3.23. The number of hydrogen-bond acceptors (Lipinski definition) is 7. The highest BCUT2D eigenvalue weighted by Crippen LogP contribution is 2.33. The minimum Gasteiger partial charge on any atom is -0.456 e. The third-order valence-corrected chi connectivity index (χ3v) is 7.25. The summed E-state index contributed by atoms with van der Waals surface area (Å²) in [5.41, 5.74) is 1.87. The summed E-state index contributed by atoms with van der Waals surface area (Å²) >= 11 is 6.17. The average molecular weight is 446 g/mol. The zero-order chi connectivity index (χ0) is 20.8. The molecule has 29 heavy (non-hydrogen) atoms. The van der Waals surface area contributed by atoms with Gasteiger partial charge in [-0.2, -0.15) is 0 Å². The van der Waals surface area contributed by atoms with Gasteiger partial charge in [-0.3, -0.25) is 9.78 Å². The van der Waals surface area contributed by atoms with E-state index >= 15 is 0 Å². The van der Waals surface area contributed by atoms with Gasteiger partial charge in [-0.05, 0) is 23.8 Å². The number of nitrogens with one attached hydrogen (secondary N) is 1. The summed E-state index contributed by atoms with van der Waals surface area (Å²) in [7, 11) is -0.598. The third kappa shape index (κ3) is 3.71. The molecular weight excluding hydrogens is 430 g/mol. The lowest BCUT2D eigenvalue weighted by atomic mass is 10.1. The lowest BCUT2D eigenvalue weighted by molar-refractivity contribution is -0.115. The van der Waals surface area contributed by atoms with Crippen LogP contribution in [0.15, 0.2) is 56.9 Å². The molecule has 1 saturated heterocycles. The minimum atomic E-state index is -3.57. The summed E-state index contributed by atoms with van der Waals surface area (Å²) in [6.07, 6.45) is 4.89. The second kappa shape index (κ2) is 7.38. The highest BCUT2D eigenvalue weighted by Gasteiger charge is 2.23. The first-order valence-electron chi connectivity index (χ1n) is 8.41. The van der Waals surface area contributed by atoms with Gasteiger partial charge in [0.15, 0.2) is 0 Å². The quantitative estimate of drug-likeness (QED) is 0.487. The molecule has 0 spiro atoms. The van der Waals surface area contributed by atoms with Crippen molar-refractivity contribution in [2.24, 2.45) is 0 Å². The van der Waals surface area contributed by atoms with Crippen LogP contribution in [0.2, 0.25) is 0 Å². The molecule has 0 atom stereocenters. The zero-order valence-electron chi connectivity index (χ0n) is 15.4. The van der Waals surface area contributed by atoms with E-state index in [0.717, 1.165) is 9.69 Å². The molecule has 0 radical (unpaired) electrons. The number of nitrogens with zero attached hydrogens (tertiary/aromatic N) is 2. The summed E-state index contributed by atoms with van der Waals surface area (Å²) in [4.78, 5) is 16.7. The van der Waals surface area contributed by atoms with Crippen molar-refractivity contribution in [3.63, 3.8) is 0 Å². The van der Waals surface area contributed by atoms with Gasteiger partial charge in [-0.15, -0.1) is 0 Å². The van der Waals surface area contributed by atoms with Crippen LogP contribution in [0.25, 0.3) is 28.2 Å². The molecule has 1 amide bonds. The number of carbonyl (C=O) groups excluding carboxylic acids is 1. The lowest BCUT2D eigenvalue weighted by Gasteiger charge is -2.12. The molecular formula is C19H15N3O4S3. The van der Waals surface area contributed by atoms with E-state index in [4.69, 9.17) is 16.6 Å². The molecule has 148 valence electrons. The molecule has 3 heterocycles. The molecule has 10 heteroatoms. The first-order valence-corrected chi connectivity index (χ1v) is 11.1. The Morgan fingerprint density at radius 3 is 2.72 bits per heavy atom. The smallest absolute Gasteiger partial charge is 0.263 e. The van der Waals surface area contributed by atoms with Crippen LogP contribution in [0, 0.1) is 0 Å². The summed E-state index contributed by atoms with van der Waals surface area (Å²) in [5, 5.41) is 3.30. The number of pyridine rings is 1. The van der Waals surface area contributed by atoms with Crippen LogP contribution in [-0.2, 0) is 14.8 Å². The molecule has 0 bridgehead atoms. The average Bonchev–Trinajstić information content (AvgIpc) is 3.23. The number of amides is 1. The van der Waals surface area contributed by atoms with Gasteiger partial charge < -0.3 is 9.73 Å². The van der Waals surface area contributed by atoms with Gasteiger partial charge in [0.1, 0.15) is 15.7 Å². The largest absolute Gasteiger partial charge is 0.456 e. The Morgan fingerprint density at radius 2 is 2.03 bits per heavy atom. The summed E-state index contributed by atoms with van der Waals surface area (Å²) < 4.78 is 32.4. The van der Waals surface area contributed by atoms with Crippen molar-refractivity contribution in [2.75, 3.05) is 14.1 Å². The van der Waals surface area contributed by atoms with E-state index < -0.39 is 10.0 Å². The first kappa shape index (κ1) is 19.8. The van der Waals surface area contributed by atoms with E-state index in [9.17, 15) is 13.2 Å². The Morgan fingerprint density at radius 1 is 1.24 bits per heavy atom. The Kier molecular flexibility index (Phi) is 5.03. The highest BCUT2D eigenvalue weighted by molar-refractivity contribution is 8.26. The van der Waals surface area contributed by atoms with Crippen molar-refractivity contribution in [1.29, 1.82) is 0 Å². The van der Waals surface area contributed by atoms with Gasteiger partial charge in [0.05, 0.1) is 9.80 Å². The fraction of sp³-hybridized carbons (Fsp3) is 0.105. The molecule has 1 fully saturated rings. The van der Waals surface area contributed by atoms with Gasteiger partial charge in [0.25, 0.3) is 5.91 Å². The molecule has 1 aliphatic heterocycles. The van der Waals surface area contributed by atoms with Crippen LogP contribution in [0.3, 0.4) is 0 Å². The van der Waals surface area contributed by atoms with Gasteiger partial charge in [-0.25, -0.2) is 12.7 Å². The molecule has 3 aromatic rings. The van der Waals surface area contributed by atoms with E-state index in [-0.39, 0.29) is 10.8 Å². The van der Waals surface area contributed by atoms with E-state index in [1.165, 1.54) is 25.9 Å².